The molecule has 2 aromatic carbocycles. The highest BCUT2D eigenvalue weighted by Crippen LogP contribution is 2.68. The van der Waals surface area contributed by atoms with Crippen LogP contribution in [-0.2, 0) is 23.5 Å². The molecule has 1 N–H and O–H groups in total. The number of tetrazole rings is 1. The molecule has 2 fully saturated rings. The van der Waals surface area contributed by atoms with Crippen molar-refractivity contribution in [3.63, 3.8) is 0 Å². The molecule has 190 valence electrons. The molecule has 1 aliphatic heterocycles. The number of halogens is 2. The van der Waals surface area contributed by atoms with Crippen molar-refractivity contribution in [2.75, 3.05) is 6.54 Å². The Labute approximate surface area is 210 Å². The number of ether oxygens (including phenoxy) is 1. The first-order valence-corrected chi connectivity index (χ1v) is 12.7. The number of hydrogen-bond acceptors (Lipinski definition) is 5. The second-order valence-electron chi connectivity index (χ2n) is 12.1. The van der Waals surface area contributed by atoms with Gasteiger partial charge in [0, 0.05) is 19.4 Å². The maximum Gasteiger partial charge on any atom is 0.249 e. The highest BCUT2D eigenvalue weighted by atomic mass is 19.3. The van der Waals surface area contributed by atoms with E-state index in [2.05, 4.69) is 71.9 Å². The van der Waals surface area contributed by atoms with E-state index in [1.807, 2.05) is 22.9 Å². The van der Waals surface area contributed by atoms with Crippen LogP contribution in [0.15, 0.2) is 48.5 Å². The maximum atomic E-state index is 13.6. The van der Waals surface area contributed by atoms with Gasteiger partial charge in [0.1, 0.15) is 0 Å². The third-order valence-electron chi connectivity index (χ3n) is 8.30. The van der Waals surface area contributed by atoms with Crippen molar-refractivity contribution in [2.24, 2.45) is 10.8 Å². The fraction of sp³-hybridized carbons (Fsp3) is 0.536. The van der Waals surface area contributed by atoms with Crippen molar-refractivity contribution < 1.29 is 13.5 Å². The Morgan fingerprint density at radius 2 is 1.78 bits per heavy atom. The molecule has 2 saturated carbocycles. The van der Waals surface area contributed by atoms with Crippen LogP contribution in [0.1, 0.15) is 80.6 Å². The van der Waals surface area contributed by atoms with Gasteiger partial charge in [-0.15, -0.1) is 5.10 Å². The minimum atomic E-state index is -2.48. The van der Waals surface area contributed by atoms with Crippen molar-refractivity contribution in [1.82, 2.24) is 25.5 Å². The van der Waals surface area contributed by atoms with Crippen LogP contribution >= 0.6 is 0 Å². The van der Waals surface area contributed by atoms with E-state index in [1.165, 1.54) is 11.1 Å². The van der Waals surface area contributed by atoms with Crippen LogP contribution in [0.3, 0.4) is 0 Å². The molecule has 3 aliphatic rings. The normalized spacial score (nSPS) is 23.0. The minimum absolute atomic E-state index is 0.0196. The lowest BCUT2D eigenvalue weighted by Crippen LogP contribution is -2.59. The molecule has 1 unspecified atom stereocenters. The second kappa shape index (κ2) is 8.15. The molecule has 0 amide bonds. The largest absolute Gasteiger partial charge is 0.366 e. The van der Waals surface area contributed by atoms with Gasteiger partial charge in [-0.25, -0.2) is 13.5 Å². The van der Waals surface area contributed by atoms with Gasteiger partial charge in [-0.05, 0) is 70.2 Å². The smallest absolute Gasteiger partial charge is 0.249 e. The zero-order valence-corrected chi connectivity index (χ0v) is 21.1. The summed E-state index contributed by atoms with van der Waals surface area (Å²) in [7, 11) is 0. The van der Waals surface area contributed by atoms with Crippen LogP contribution in [0.25, 0.3) is 0 Å². The summed E-state index contributed by atoms with van der Waals surface area (Å²) in [5.74, 6) is -1.73. The van der Waals surface area contributed by atoms with E-state index in [0.717, 1.165) is 29.8 Å². The molecule has 0 saturated heterocycles. The molecule has 6 nitrogen and oxygen atoms in total. The molecule has 8 heteroatoms. The predicted molar refractivity (Wildman–Crippen MR) is 131 cm³/mol. The van der Waals surface area contributed by atoms with Gasteiger partial charge in [-0.3, -0.25) is 0 Å². The highest BCUT2D eigenvalue weighted by Gasteiger charge is 2.65. The lowest BCUT2D eigenvalue weighted by atomic mass is 9.44. The average Bonchev–Trinajstić information content (AvgIpc) is 3.36. The Morgan fingerprint density at radius 1 is 1.03 bits per heavy atom. The lowest BCUT2D eigenvalue weighted by Gasteiger charge is -2.62. The summed E-state index contributed by atoms with van der Waals surface area (Å²) in [5.41, 5.74) is 4.09. The summed E-state index contributed by atoms with van der Waals surface area (Å²) in [6.07, 6.45) is 1.73. The zero-order chi connectivity index (χ0) is 25.2. The number of aromatic nitrogens is 4. The van der Waals surface area contributed by atoms with E-state index in [9.17, 15) is 8.78 Å². The Morgan fingerprint density at radius 3 is 2.50 bits per heavy atom. The number of nitrogens with one attached hydrogen (secondary N) is 1. The van der Waals surface area contributed by atoms with E-state index in [4.69, 9.17) is 4.74 Å². The number of rotatable bonds is 7. The summed E-state index contributed by atoms with van der Waals surface area (Å²) < 4.78 is 35.0. The summed E-state index contributed by atoms with van der Waals surface area (Å²) in [6, 6.07) is 16.4. The van der Waals surface area contributed by atoms with Crippen LogP contribution in [0.5, 0.6) is 0 Å². The molecule has 6 rings (SSSR count). The highest BCUT2D eigenvalue weighted by molar-refractivity contribution is 5.40. The van der Waals surface area contributed by atoms with Gasteiger partial charge in [-0.2, -0.15) is 0 Å². The minimum Gasteiger partial charge on any atom is -0.366 e. The lowest BCUT2D eigenvalue weighted by molar-refractivity contribution is -0.226. The molecule has 0 radical (unpaired) electrons. The Kier molecular flexibility index (Phi) is 5.36. The second-order valence-corrected chi connectivity index (χ2v) is 12.1. The van der Waals surface area contributed by atoms with Crippen molar-refractivity contribution in [3.05, 3.63) is 76.6 Å². The molecule has 0 bridgehead atoms. The van der Waals surface area contributed by atoms with Crippen molar-refractivity contribution in [2.45, 2.75) is 77.2 Å². The molecule has 36 heavy (non-hydrogen) atoms. The first-order valence-electron chi connectivity index (χ1n) is 12.7. The van der Waals surface area contributed by atoms with E-state index in [1.54, 1.807) is 0 Å². The Bertz CT molecular complexity index is 1260. The van der Waals surface area contributed by atoms with E-state index >= 15 is 0 Å². The number of fused-ring (bicyclic) bond motifs is 1. The summed E-state index contributed by atoms with van der Waals surface area (Å²) >= 11 is 0. The molecule has 1 atom stereocenters. The predicted octanol–water partition coefficient (Wildman–Crippen LogP) is 5.38. The van der Waals surface area contributed by atoms with Gasteiger partial charge >= 0.3 is 0 Å². The molecule has 2 heterocycles. The van der Waals surface area contributed by atoms with Gasteiger partial charge in [-0.1, -0.05) is 55.5 Å². The molecule has 1 spiro atoms. The molecule has 3 aromatic rings. The van der Waals surface area contributed by atoms with Crippen LogP contribution in [-0.4, -0.2) is 32.7 Å². The number of nitrogens with zero attached hydrogens (tertiary/aromatic N) is 4. The Balaban J connectivity index is 1.27. The first-order chi connectivity index (χ1) is 17.1. The first kappa shape index (κ1) is 23.7. The van der Waals surface area contributed by atoms with Crippen molar-refractivity contribution in [3.8, 4) is 0 Å². The summed E-state index contributed by atoms with van der Waals surface area (Å²) in [4.78, 5) is 0. The van der Waals surface area contributed by atoms with Crippen molar-refractivity contribution in [1.29, 1.82) is 0 Å². The van der Waals surface area contributed by atoms with Crippen LogP contribution < -0.4 is 5.32 Å². The van der Waals surface area contributed by atoms with Crippen LogP contribution in [0.2, 0.25) is 0 Å². The molecule has 2 aliphatic carbocycles. The van der Waals surface area contributed by atoms with Gasteiger partial charge < -0.3 is 10.1 Å². The third kappa shape index (κ3) is 4.24. The molecule has 1 aromatic heterocycles. The van der Waals surface area contributed by atoms with Crippen LogP contribution in [0.4, 0.5) is 8.78 Å². The number of hydrogen-bond donors (Lipinski definition) is 1. The average molecular weight is 494 g/mol. The molecular weight excluding hydrogens is 460 g/mol. The topological polar surface area (TPSA) is 64.9 Å². The number of alkyl halides is 2. The summed E-state index contributed by atoms with van der Waals surface area (Å²) in [6.45, 7) is 8.23. The van der Waals surface area contributed by atoms with Gasteiger partial charge in [0.25, 0.3) is 0 Å². The van der Waals surface area contributed by atoms with E-state index < -0.39 is 5.92 Å². The fourth-order valence-corrected chi connectivity index (χ4v) is 7.01. The molecular formula is C28H33F2N5O. The van der Waals surface area contributed by atoms with E-state index in [0.29, 0.717) is 19.7 Å². The van der Waals surface area contributed by atoms with Gasteiger partial charge in [0.05, 0.1) is 24.8 Å². The number of benzene rings is 2. The standard InChI is InChI=1S/C28H33F2N5O/c1-25(2)22-10-9-20(11-21(22)13-36-25)23(24-32-33-34-35(24)12-19-7-5-4-6-8-19)31-18-26(3)14-27(15-26)16-28(29,30)17-27/h4-11,23,31H,12-18H2,1-3H3. The van der Waals surface area contributed by atoms with Gasteiger partial charge in [0.2, 0.25) is 5.92 Å². The van der Waals surface area contributed by atoms with Crippen LogP contribution in [0, 0.1) is 10.8 Å². The fourth-order valence-electron chi connectivity index (χ4n) is 7.01. The maximum absolute atomic E-state index is 13.6. The zero-order valence-electron chi connectivity index (χ0n) is 21.1. The third-order valence-corrected chi connectivity index (χ3v) is 8.30. The SMILES string of the molecule is CC1(CNC(c2ccc3c(c2)COC3(C)C)c2nnnn2Cc2ccccc2)CC2(CC(F)(F)C2)C1. The monoisotopic (exact) mass is 493 g/mol. The van der Waals surface area contributed by atoms with Crippen molar-refractivity contribution >= 4 is 0 Å². The Hall–Kier alpha value is -2.71. The van der Waals surface area contributed by atoms with Gasteiger partial charge in [0.15, 0.2) is 5.82 Å². The quantitative estimate of drug-likeness (QED) is 0.479. The summed E-state index contributed by atoms with van der Waals surface area (Å²) in [5, 5.41) is 16.5. The van der Waals surface area contributed by atoms with E-state index in [-0.39, 0.29) is 35.3 Å².